The molecule has 7 heteroatoms. The van der Waals surface area contributed by atoms with E-state index >= 15 is 0 Å². The first kappa shape index (κ1) is 16.7. The summed E-state index contributed by atoms with van der Waals surface area (Å²) in [7, 11) is 1.62. The molecule has 7 nitrogen and oxygen atoms in total. The molecule has 0 unspecified atom stereocenters. The lowest BCUT2D eigenvalue weighted by Gasteiger charge is -2.26. The second-order valence-electron chi connectivity index (χ2n) is 6.06. The molecule has 130 valence electrons. The van der Waals surface area contributed by atoms with Gasteiger partial charge in [0, 0.05) is 25.6 Å². The Hall–Kier alpha value is -2.12. The highest BCUT2D eigenvalue weighted by Crippen LogP contribution is 2.30. The Morgan fingerprint density at radius 2 is 2.33 bits per heavy atom. The number of H-pyrrole nitrogens is 1. The normalized spacial score (nSPS) is 20.0. The molecule has 0 aliphatic carbocycles. The molecule has 2 atom stereocenters. The van der Waals surface area contributed by atoms with Gasteiger partial charge in [0.2, 0.25) is 0 Å². The number of amides is 1. The number of hydrogen-bond donors (Lipinski definition) is 1. The van der Waals surface area contributed by atoms with Gasteiger partial charge in [-0.25, -0.2) is 0 Å². The van der Waals surface area contributed by atoms with Gasteiger partial charge >= 0.3 is 0 Å². The number of furan rings is 1. The number of aromatic amines is 1. The number of rotatable bonds is 6. The maximum atomic E-state index is 13.0. The third kappa shape index (κ3) is 3.37. The molecule has 0 fully saturated rings. The van der Waals surface area contributed by atoms with Gasteiger partial charge in [0.25, 0.3) is 5.91 Å². The van der Waals surface area contributed by atoms with Crippen molar-refractivity contribution in [1.82, 2.24) is 15.1 Å². The van der Waals surface area contributed by atoms with E-state index in [1.54, 1.807) is 18.3 Å². The van der Waals surface area contributed by atoms with Gasteiger partial charge in [-0.3, -0.25) is 9.89 Å². The Morgan fingerprint density at radius 1 is 1.50 bits per heavy atom. The van der Waals surface area contributed by atoms with Crippen LogP contribution in [0.5, 0.6) is 0 Å². The Labute approximate surface area is 140 Å². The standard InChI is InChI=1S/C17H23N3O4/c1-11-9-14-15(12(2)24-11)18-19-16(14)17(21)20(6-8-22-3)10-13-5-4-7-23-13/h4-5,7,11-12H,6,8-10H2,1-3H3,(H,18,19)/t11-,12+/m0/s1. The van der Waals surface area contributed by atoms with E-state index in [0.717, 1.165) is 17.0 Å². The highest BCUT2D eigenvalue weighted by atomic mass is 16.5. The largest absolute Gasteiger partial charge is 0.467 e. The second kappa shape index (κ2) is 7.19. The van der Waals surface area contributed by atoms with Crippen LogP contribution in [-0.4, -0.2) is 47.4 Å². The van der Waals surface area contributed by atoms with Crippen molar-refractivity contribution >= 4 is 5.91 Å². The lowest BCUT2D eigenvalue weighted by Crippen LogP contribution is -2.34. The van der Waals surface area contributed by atoms with Gasteiger partial charge in [-0.05, 0) is 26.0 Å². The zero-order chi connectivity index (χ0) is 17.1. The molecular weight excluding hydrogens is 310 g/mol. The van der Waals surface area contributed by atoms with E-state index in [0.29, 0.717) is 31.8 Å². The average molecular weight is 333 g/mol. The summed E-state index contributed by atoms with van der Waals surface area (Å²) in [4.78, 5) is 14.7. The fourth-order valence-corrected chi connectivity index (χ4v) is 3.04. The minimum Gasteiger partial charge on any atom is -0.467 e. The van der Waals surface area contributed by atoms with Crippen LogP contribution in [0.4, 0.5) is 0 Å². The van der Waals surface area contributed by atoms with Crippen LogP contribution in [0.25, 0.3) is 0 Å². The van der Waals surface area contributed by atoms with E-state index in [2.05, 4.69) is 10.2 Å². The quantitative estimate of drug-likeness (QED) is 0.877. The summed E-state index contributed by atoms with van der Waals surface area (Å²) in [5.41, 5.74) is 2.31. The van der Waals surface area contributed by atoms with Crippen LogP contribution in [0.3, 0.4) is 0 Å². The SMILES string of the molecule is COCCN(Cc1ccco1)C(=O)c1n[nH]c2c1C[C@H](C)O[C@@H]2C. The summed E-state index contributed by atoms with van der Waals surface area (Å²) in [5, 5.41) is 7.24. The smallest absolute Gasteiger partial charge is 0.275 e. The molecule has 1 aliphatic rings. The summed E-state index contributed by atoms with van der Waals surface area (Å²) < 4.78 is 16.3. The van der Waals surface area contributed by atoms with Crippen LogP contribution >= 0.6 is 0 Å². The van der Waals surface area contributed by atoms with Crippen molar-refractivity contribution in [2.75, 3.05) is 20.3 Å². The van der Waals surface area contributed by atoms with E-state index < -0.39 is 0 Å². The minimum atomic E-state index is -0.123. The molecule has 1 N–H and O–H groups in total. The first-order valence-electron chi connectivity index (χ1n) is 8.13. The van der Waals surface area contributed by atoms with E-state index in [-0.39, 0.29) is 18.1 Å². The Bertz CT molecular complexity index is 680. The van der Waals surface area contributed by atoms with Crippen molar-refractivity contribution in [3.8, 4) is 0 Å². The first-order valence-corrected chi connectivity index (χ1v) is 8.13. The van der Waals surface area contributed by atoms with Crippen LogP contribution < -0.4 is 0 Å². The molecule has 0 aromatic carbocycles. The van der Waals surface area contributed by atoms with Crippen LogP contribution in [0.15, 0.2) is 22.8 Å². The maximum absolute atomic E-state index is 13.0. The third-order valence-electron chi connectivity index (χ3n) is 4.22. The maximum Gasteiger partial charge on any atom is 0.275 e. The molecule has 2 aromatic rings. The summed E-state index contributed by atoms with van der Waals surface area (Å²) in [5.74, 6) is 0.608. The molecule has 3 heterocycles. The monoisotopic (exact) mass is 333 g/mol. The third-order valence-corrected chi connectivity index (χ3v) is 4.22. The van der Waals surface area contributed by atoms with E-state index in [9.17, 15) is 4.79 Å². The zero-order valence-corrected chi connectivity index (χ0v) is 14.2. The number of fused-ring (bicyclic) bond motifs is 1. The van der Waals surface area contributed by atoms with E-state index in [4.69, 9.17) is 13.9 Å². The number of aromatic nitrogens is 2. The lowest BCUT2D eigenvalue weighted by molar-refractivity contribution is -0.00704. The molecule has 0 saturated heterocycles. The molecule has 0 bridgehead atoms. The summed E-state index contributed by atoms with van der Waals surface area (Å²) in [6.07, 6.45) is 2.26. The summed E-state index contributed by atoms with van der Waals surface area (Å²) in [6.45, 7) is 5.28. The van der Waals surface area contributed by atoms with Crippen molar-refractivity contribution in [3.63, 3.8) is 0 Å². The van der Waals surface area contributed by atoms with Crippen molar-refractivity contribution in [2.45, 2.75) is 39.0 Å². The van der Waals surface area contributed by atoms with Gasteiger partial charge in [-0.2, -0.15) is 5.10 Å². The van der Waals surface area contributed by atoms with E-state index in [1.165, 1.54) is 0 Å². The molecule has 2 aromatic heterocycles. The van der Waals surface area contributed by atoms with Crippen molar-refractivity contribution < 1.29 is 18.7 Å². The van der Waals surface area contributed by atoms with Crippen LogP contribution in [0.1, 0.15) is 47.5 Å². The van der Waals surface area contributed by atoms with Gasteiger partial charge in [-0.15, -0.1) is 0 Å². The summed E-state index contributed by atoms with van der Waals surface area (Å²) >= 11 is 0. The first-order chi connectivity index (χ1) is 11.6. The van der Waals surface area contributed by atoms with Crippen molar-refractivity contribution in [3.05, 3.63) is 41.1 Å². The molecule has 3 rings (SSSR count). The average Bonchev–Trinajstić information content (AvgIpc) is 3.20. The minimum absolute atomic E-state index is 0.0640. The fraction of sp³-hybridized carbons (Fsp3) is 0.529. The number of carbonyl (C=O) groups excluding carboxylic acids is 1. The Kier molecular flexibility index (Phi) is 5.01. The molecular formula is C17H23N3O4. The molecule has 24 heavy (non-hydrogen) atoms. The van der Waals surface area contributed by atoms with E-state index in [1.807, 2.05) is 26.0 Å². The molecule has 0 radical (unpaired) electrons. The number of methoxy groups -OCH3 is 1. The van der Waals surface area contributed by atoms with Gasteiger partial charge in [0.15, 0.2) is 5.69 Å². The second-order valence-corrected chi connectivity index (χ2v) is 6.06. The van der Waals surface area contributed by atoms with Crippen LogP contribution in [-0.2, 0) is 22.4 Å². The fourth-order valence-electron chi connectivity index (χ4n) is 3.04. The molecule has 0 spiro atoms. The highest BCUT2D eigenvalue weighted by Gasteiger charge is 2.31. The molecule has 0 saturated carbocycles. The predicted molar refractivity (Wildman–Crippen MR) is 86.6 cm³/mol. The Balaban J connectivity index is 1.84. The predicted octanol–water partition coefficient (Wildman–Crippen LogP) is 2.31. The van der Waals surface area contributed by atoms with Crippen molar-refractivity contribution in [2.24, 2.45) is 0 Å². The molecule has 1 amide bonds. The van der Waals surface area contributed by atoms with Crippen LogP contribution in [0.2, 0.25) is 0 Å². The van der Waals surface area contributed by atoms with Gasteiger partial charge in [0.05, 0.1) is 37.3 Å². The van der Waals surface area contributed by atoms with Gasteiger partial charge < -0.3 is 18.8 Å². The lowest BCUT2D eigenvalue weighted by atomic mass is 9.99. The molecule has 1 aliphatic heterocycles. The van der Waals surface area contributed by atoms with Gasteiger partial charge in [-0.1, -0.05) is 0 Å². The Morgan fingerprint density at radius 3 is 3.04 bits per heavy atom. The number of hydrogen-bond acceptors (Lipinski definition) is 5. The number of ether oxygens (including phenoxy) is 2. The zero-order valence-electron chi connectivity index (χ0n) is 14.2. The van der Waals surface area contributed by atoms with Crippen LogP contribution in [0, 0.1) is 0 Å². The van der Waals surface area contributed by atoms with Crippen molar-refractivity contribution in [1.29, 1.82) is 0 Å². The highest BCUT2D eigenvalue weighted by molar-refractivity contribution is 5.94. The van der Waals surface area contributed by atoms with Gasteiger partial charge in [0.1, 0.15) is 5.76 Å². The topological polar surface area (TPSA) is 80.6 Å². The number of nitrogens with one attached hydrogen (secondary N) is 1. The number of nitrogens with zero attached hydrogens (tertiary/aromatic N) is 2. The summed E-state index contributed by atoms with van der Waals surface area (Å²) in [6, 6.07) is 3.66. The number of carbonyl (C=O) groups is 1.